The summed E-state index contributed by atoms with van der Waals surface area (Å²) in [5.74, 6) is 1.94. The number of anilines is 3. The van der Waals surface area contributed by atoms with Crippen molar-refractivity contribution in [3.05, 3.63) is 158 Å². The normalized spacial score (nSPS) is 13.6. The topological polar surface area (TPSA) is 53.9 Å². The fourth-order valence-corrected chi connectivity index (χ4v) is 6.46. The molecule has 2 heterocycles. The molecule has 5 heteroatoms. The molecule has 1 aromatic heterocycles. The number of nitrogens with one attached hydrogen (secondary N) is 1. The molecule has 0 fully saturated rings. The number of hydrogen-bond donors (Lipinski definition) is 1. The summed E-state index contributed by atoms with van der Waals surface area (Å²) in [6.45, 7) is 2.22. The zero-order valence-electron chi connectivity index (χ0n) is 26.1. The van der Waals surface area contributed by atoms with Crippen LogP contribution in [0.2, 0.25) is 0 Å². The van der Waals surface area contributed by atoms with E-state index in [9.17, 15) is 0 Å². The van der Waals surface area contributed by atoms with E-state index in [2.05, 4.69) is 114 Å². The number of hydrogen-bond acceptors (Lipinski definition) is 5. The molecule has 0 saturated heterocycles. The van der Waals surface area contributed by atoms with Crippen LogP contribution in [0.15, 0.2) is 158 Å². The Morgan fingerprint density at radius 2 is 1.00 bits per heavy atom. The van der Waals surface area contributed by atoms with Gasteiger partial charge >= 0.3 is 0 Å². The lowest BCUT2D eigenvalue weighted by molar-refractivity contribution is 0.728. The molecule has 6 aromatic carbocycles. The molecule has 1 aliphatic rings. The third kappa shape index (κ3) is 5.42. The van der Waals surface area contributed by atoms with Gasteiger partial charge in [-0.25, -0.2) is 15.0 Å². The fraction of sp³-hybridized carbons (Fsp3) is 0.0714. The molecule has 0 radical (unpaired) electrons. The molecule has 7 aromatic rings. The largest absolute Gasteiger partial charge is 0.363 e. The average Bonchev–Trinajstić information content (AvgIpc) is 3.54. The van der Waals surface area contributed by atoms with E-state index in [0.717, 1.165) is 51.1 Å². The Kier molecular flexibility index (Phi) is 7.48. The van der Waals surface area contributed by atoms with Gasteiger partial charge in [-0.1, -0.05) is 140 Å². The first kappa shape index (κ1) is 28.4. The second-order valence-corrected chi connectivity index (χ2v) is 11.6. The van der Waals surface area contributed by atoms with Crippen LogP contribution in [0.25, 0.3) is 56.4 Å². The highest BCUT2D eigenvalue weighted by molar-refractivity contribution is 5.92. The zero-order valence-corrected chi connectivity index (χ0v) is 26.1. The molecular formula is C42H33N5. The van der Waals surface area contributed by atoms with Crippen LogP contribution in [0.3, 0.4) is 0 Å². The molecule has 5 nitrogen and oxygen atoms in total. The van der Waals surface area contributed by atoms with Crippen LogP contribution < -0.4 is 10.2 Å². The number of rotatable bonds is 7. The van der Waals surface area contributed by atoms with Crippen molar-refractivity contribution in [2.75, 3.05) is 10.2 Å². The predicted molar refractivity (Wildman–Crippen MR) is 193 cm³/mol. The third-order valence-corrected chi connectivity index (χ3v) is 8.70. The Morgan fingerprint density at radius 1 is 0.489 bits per heavy atom. The highest BCUT2D eigenvalue weighted by Crippen LogP contribution is 2.43. The number of aromatic nitrogens is 3. The quantitative estimate of drug-likeness (QED) is 0.195. The van der Waals surface area contributed by atoms with E-state index in [1.54, 1.807) is 0 Å². The number of nitrogens with zero attached hydrogens (tertiary/aromatic N) is 4. The van der Waals surface area contributed by atoms with Crippen molar-refractivity contribution < 1.29 is 0 Å². The molecular weight excluding hydrogens is 574 g/mol. The number of benzene rings is 6. The van der Waals surface area contributed by atoms with Crippen LogP contribution in [0.4, 0.5) is 17.1 Å². The van der Waals surface area contributed by atoms with Gasteiger partial charge in [-0.15, -0.1) is 0 Å². The van der Waals surface area contributed by atoms with E-state index < -0.39 is 0 Å². The Hall–Kier alpha value is -6.07. The van der Waals surface area contributed by atoms with Crippen molar-refractivity contribution in [2.45, 2.75) is 19.5 Å². The second kappa shape index (κ2) is 12.4. The summed E-state index contributed by atoms with van der Waals surface area (Å²) in [4.78, 5) is 17.4. The molecule has 226 valence electrons. The van der Waals surface area contributed by atoms with Gasteiger partial charge in [-0.3, -0.25) is 0 Å². The molecule has 0 bridgehead atoms. The van der Waals surface area contributed by atoms with Gasteiger partial charge in [0.1, 0.15) is 6.17 Å². The molecule has 0 amide bonds. The Morgan fingerprint density at radius 3 is 1.66 bits per heavy atom. The Balaban J connectivity index is 1.26. The van der Waals surface area contributed by atoms with Gasteiger partial charge in [0, 0.05) is 22.4 Å². The van der Waals surface area contributed by atoms with Crippen LogP contribution in [0, 0.1) is 0 Å². The van der Waals surface area contributed by atoms with Gasteiger partial charge in [0.25, 0.3) is 0 Å². The molecule has 47 heavy (non-hydrogen) atoms. The summed E-state index contributed by atoms with van der Waals surface area (Å²) in [5.41, 5.74) is 10.9. The number of fused-ring (bicyclic) bond motifs is 1. The maximum absolute atomic E-state index is 5.06. The predicted octanol–water partition coefficient (Wildman–Crippen LogP) is 10.5. The van der Waals surface area contributed by atoms with Gasteiger partial charge in [0.15, 0.2) is 17.5 Å². The van der Waals surface area contributed by atoms with Crippen LogP contribution >= 0.6 is 0 Å². The SMILES string of the molecule is CCC1Nc2ccccc2N1c1cccc(-c2ccccc2-c2ccccc2-c2nc(-c3ccccc3)nc(-c3ccccc3)n2)c1. The fourth-order valence-electron chi connectivity index (χ4n) is 6.46. The minimum Gasteiger partial charge on any atom is -0.363 e. The molecule has 1 N–H and O–H groups in total. The molecule has 1 atom stereocenters. The summed E-state index contributed by atoms with van der Waals surface area (Å²) in [5, 5.41) is 3.69. The van der Waals surface area contributed by atoms with Gasteiger partial charge in [0.05, 0.1) is 11.4 Å². The van der Waals surface area contributed by atoms with Crippen molar-refractivity contribution in [3.8, 4) is 56.4 Å². The van der Waals surface area contributed by atoms with Crippen molar-refractivity contribution in [3.63, 3.8) is 0 Å². The van der Waals surface area contributed by atoms with Crippen molar-refractivity contribution >= 4 is 17.1 Å². The van der Waals surface area contributed by atoms with Crippen LogP contribution in [0.5, 0.6) is 0 Å². The zero-order chi connectivity index (χ0) is 31.6. The van der Waals surface area contributed by atoms with E-state index in [-0.39, 0.29) is 6.17 Å². The highest BCUT2D eigenvalue weighted by Gasteiger charge is 2.28. The summed E-state index contributed by atoms with van der Waals surface area (Å²) >= 11 is 0. The minimum absolute atomic E-state index is 0.195. The van der Waals surface area contributed by atoms with E-state index in [1.807, 2.05) is 60.7 Å². The van der Waals surface area contributed by atoms with Crippen molar-refractivity contribution in [1.82, 2.24) is 15.0 Å². The molecule has 1 aliphatic heterocycles. The van der Waals surface area contributed by atoms with Gasteiger partial charge < -0.3 is 10.2 Å². The van der Waals surface area contributed by atoms with E-state index in [0.29, 0.717) is 17.5 Å². The summed E-state index contributed by atoms with van der Waals surface area (Å²) in [6.07, 6.45) is 1.17. The third-order valence-electron chi connectivity index (χ3n) is 8.70. The maximum atomic E-state index is 5.06. The van der Waals surface area contributed by atoms with Gasteiger partial charge in [0.2, 0.25) is 0 Å². The van der Waals surface area contributed by atoms with E-state index in [1.165, 1.54) is 11.4 Å². The molecule has 8 rings (SSSR count). The van der Waals surface area contributed by atoms with Gasteiger partial charge in [-0.05, 0) is 52.9 Å². The molecule has 1 unspecified atom stereocenters. The summed E-state index contributed by atoms with van der Waals surface area (Å²) in [7, 11) is 0. The Labute approximate surface area is 275 Å². The molecule has 0 aliphatic carbocycles. The average molecular weight is 608 g/mol. The molecule has 0 saturated carbocycles. The lowest BCUT2D eigenvalue weighted by atomic mass is 9.91. The van der Waals surface area contributed by atoms with E-state index >= 15 is 0 Å². The smallest absolute Gasteiger partial charge is 0.164 e. The first-order valence-corrected chi connectivity index (χ1v) is 16.1. The standard InChI is InChI=1S/C42H33N5/c1-2-39-43-37-26-13-14-27-38(37)47(39)32-21-15-20-31(28-32)33-22-9-10-23-34(33)35-24-11-12-25-36(35)42-45-40(29-16-5-3-6-17-29)44-41(46-42)30-18-7-4-8-19-30/h3-28,39,43H,2H2,1H3. The van der Waals surface area contributed by atoms with E-state index in [4.69, 9.17) is 15.0 Å². The van der Waals surface area contributed by atoms with Crippen LogP contribution in [-0.2, 0) is 0 Å². The lowest BCUT2D eigenvalue weighted by Crippen LogP contribution is -2.30. The summed E-state index contributed by atoms with van der Waals surface area (Å²) < 4.78 is 0. The first-order valence-electron chi connectivity index (χ1n) is 16.1. The highest BCUT2D eigenvalue weighted by atomic mass is 15.3. The first-order chi connectivity index (χ1) is 23.3. The van der Waals surface area contributed by atoms with Crippen LogP contribution in [0.1, 0.15) is 13.3 Å². The Bertz CT molecular complexity index is 2120. The number of para-hydroxylation sites is 2. The summed E-state index contributed by atoms with van der Waals surface area (Å²) in [6, 6.07) is 54.7. The lowest BCUT2D eigenvalue weighted by Gasteiger charge is -2.27. The van der Waals surface area contributed by atoms with Crippen molar-refractivity contribution in [2.24, 2.45) is 0 Å². The monoisotopic (exact) mass is 607 g/mol. The van der Waals surface area contributed by atoms with Crippen molar-refractivity contribution in [1.29, 1.82) is 0 Å². The minimum atomic E-state index is 0.195. The van der Waals surface area contributed by atoms with Crippen LogP contribution in [-0.4, -0.2) is 21.1 Å². The van der Waals surface area contributed by atoms with Gasteiger partial charge in [-0.2, -0.15) is 0 Å². The maximum Gasteiger partial charge on any atom is 0.164 e. The second-order valence-electron chi connectivity index (χ2n) is 11.6. The molecule has 0 spiro atoms.